The first-order chi connectivity index (χ1) is 14.4. The zero-order valence-electron chi connectivity index (χ0n) is 17.0. The van der Waals surface area contributed by atoms with Gasteiger partial charge in [0.1, 0.15) is 12.1 Å². The third kappa shape index (κ3) is 4.05. The van der Waals surface area contributed by atoms with E-state index in [0.717, 1.165) is 17.7 Å². The predicted octanol–water partition coefficient (Wildman–Crippen LogP) is 1.16. The number of likely N-dealkylation sites (tertiary alicyclic amines) is 1. The number of hydrogen-bond donors (Lipinski definition) is 0. The maximum Gasteiger partial charge on any atom is 0.329 e. The molecule has 30 heavy (non-hydrogen) atoms. The Bertz CT molecular complexity index is 847. The molecular weight excluding hydrogens is 392 g/mol. The fourth-order valence-electron chi connectivity index (χ4n) is 3.71. The molecule has 9 nitrogen and oxygen atoms in total. The van der Waals surface area contributed by atoms with E-state index in [-0.39, 0.29) is 17.7 Å². The summed E-state index contributed by atoms with van der Waals surface area (Å²) in [4.78, 5) is 64.3. The summed E-state index contributed by atoms with van der Waals surface area (Å²) in [7, 11) is 0. The van der Waals surface area contributed by atoms with Gasteiger partial charge >= 0.3 is 11.9 Å². The van der Waals surface area contributed by atoms with Gasteiger partial charge in [-0.2, -0.15) is 0 Å². The van der Waals surface area contributed by atoms with Crippen LogP contribution in [-0.2, 0) is 23.9 Å². The van der Waals surface area contributed by atoms with Gasteiger partial charge in [-0.15, -0.1) is 0 Å². The molecule has 1 saturated heterocycles. The number of imide groups is 1. The van der Waals surface area contributed by atoms with Crippen LogP contribution in [0.15, 0.2) is 24.3 Å². The number of carbonyl (C=O) groups excluding carboxylic acids is 5. The molecule has 3 rings (SSSR count). The lowest BCUT2D eigenvalue weighted by atomic mass is 10.0. The van der Waals surface area contributed by atoms with E-state index >= 15 is 0 Å². The summed E-state index contributed by atoms with van der Waals surface area (Å²) in [6, 6.07) is 4.42. The van der Waals surface area contributed by atoms with Gasteiger partial charge in [0.15, 0.2) is 6.61 Å². The molecule has 1 fully saturated rings. The van der Waals surface area contributed by atoms with Crippen molar-refractivity contribution >= 4 is 29.7 Å². The highest BCUT2D eigenvalue weighted by atomic mass is 16.5. The smallest absolute Gasteiger partial charge is 0.329 e. The Kier molecular flexibility index (Phi) is 6.49. The molecule has 9 heteroatoms. The summed E-state index contributed by atoms with van der Waals surface area (Å²) in [5.74, 6) is -3.02. The third-order valence-electron chi connectivity index (χ3n) is 5.27. The molecule has 2 aliphatic rings. The quantitative estimate of drug-likeness (QED) is 0.505. The Hall–Kier alpha value is -3.23. The maximum atomic E-state index is 12.6. The maximum absolute atomic E-state index is 12.6. The highest BCUT2D eigenvalue weighted by molar-refractivity contribution is 6.22. The number of esters is 2. The average Bonchev–Trinajstić information content (AvgIpc) is 3.01. The minimum Gasteiger partial charge on any atom is -0.464 e. The molecule has 0 bridgehead atoms. The average molecular weight is 416 g/mol. The first-order valence-corrected chi connectivity index (χ1v) is 9.96. The number of nitrogens with zero attached hydrogens (tertiary/aromatic N) is 2. The number of piperidine rings is 1. The molecule has 0 unspecified atom stereocenters. The lowest BCUT2D eigenvalue weighted by Gasteiger charge is -2.34. The van der Waals surface area contributed by atoms with Crippen molar-refractivity contribution in [3.63, 3.8) is 0 Å². The van der Waals surface area contributed by atoms with Crippen LogP contribution >= 0.6 is 0 Å². The second-order valence-corrected chi connectivity index (χ2v) is 7.16. The topological polar surface area (TPSA) is 110 Å². The van der Waals surface area contributed by atoms with Crippen molar-refractivity contribution in [2.45, 2.75) is 45.2 Å². The third-order valence-corrected chi connectivity index (χ3v) is 5.27. The summed E-state index contributed by atoms with van der Waals surface area (Å²) in [6.07, 6.45) is 2.02. The van der Waals surface area contributed by atoms with Gasteiger partial charge in [0, 0.05) is 6.54 Å². The Morgan fingerprint density at radius 3 is 2.30 bits per heavy atom. The minimum atomic E-state index is -1.19. The fourth-order valence-corrected chi connectivity index (χ4v) is 3.71. The van der Waals surface area contributed by atoms with E-state index in [1.54, 1.807) is 19.1 Å². The van der Waals surface area contributed by atoms with Gasteiger partial charge in [-0.1, -0.05) is 12.1 Å². The molecule has 2 aliphatic heterocycles. The Labute approximate surface area is 173 Å². The summed E-state index contributed by atoms with van der Waals surface area (Å²) < 4.78 is 10.1. The molecular formula is C21H24N2O7. The molecule has 1 aromatic rings. The Morgan fingerprint density at radius 2 is 1.70 bits per heavy atom. The van der Waals surface area contributed by atoms with Crippen molar-refractivity contribution < 1.29 is 33.4 Å². The lowest BCUT2D eigenvalue weighted by molar-refractivity contribution is -0.162. The minimum absolute atomic E-state index is 0.212. The standard InChI is InChI=1S/C21H24N2O7/c1-3-29-21(28)16-10-6-7-11-22(16)17(24)12-30-20(27)13(2)23-18(25)14-8-4-5-9-15(14)19(23)26/h4-5,8-9,13,16H,3,6-7,10-12H2,1-2H3/t13-,16-/m0/s1. The van der Waals surface area contributed by atoms with Crippen LogP contribution in [0.5, 0.6) is 0 Å². The van der Waals surface area contributed by atoms with Crippen molar-refractivity contribution in [2.24, 2.45) is 0 Å². The van der Waals surface area contributed by atoms with Crippen LogP contribution in [-0.4, -0.2) is 71.3 Å². The summed E-state index contributed by atoms with van der Waals surface area (Å²) >= 11 is 0. The summed E-state index contributed by atoms with van der Waals surface area (Å²) in [6.45, 7) is 3.06. The lowest BCUT2D eigenvalue weighted by Crippen LogP contribution is -2.50. The molecule has 0 saturated carbocycles. The van der Waals surface area contributed by atoms with E-state index in [1.165, 1.54) is 24.0 Å². The second-order valence-electron chi connectivity index (χ2n) is 7.16. The number of amides is 3. The van der Waals surface area contributed by atoms with Crippen LogP contribution in [0, 0.1) is 0 Å². The number of carbonyl (C=O) groups is 5. The molecule has 0 N–H and O–H groups in total. The van der Waals surface area contributed by atoms with Crippen LogP contribution in [0.2, 0.25) is 0 Å². The molecule has 0 spiro atoms. The Morgan fingerprint density at radius 1 is 1.07 bits per heavy atom. The molecule has 0 radical (unpaired) electrons. The number of ether oxygens (including phenoxy) is 2. The highest BCUT2D eigenvalue weighted by Crippen LogP contribution is 2.25. The second kappa shape index (κ2) is 9.06. The van der Waals surface area contributed by atoms with E-state index in [4.69, 9.17) is 9.47 Å². The van der Waals surface area contributed by atoms with Crippen LogP contribution in [0.4, 0.5) is 0 Å². The molecule has 0 aliphatic carbocycles. The van der Waals surface area contributed by atoms with E-state index < -0.39 is 48.4 Å². The Balaban J connectivity index is 1.61. The number of hydrogen-bond acceptors (Lipinski definition) is 7. The predicted molar refractivity (Wildman–Crippen MR) is 103 cm³/mol. The fraction of sp³-hybridized carbons (Fsp3) is 0.476. The monoisotopic (exact) mass is 416 g/mol. The van der Waals surface area contributed by atoms with Gasteiger partial charge in [-0.05, 0) is 45.2 Å². The van der Waals surface area contributed by atoms with Crippen molar-refractivity contribution in [2.75, 3.05) is 19.8 Å². The van der Waals surface area contributed by atoms with E-state index in [0.29, 0.717) is 13.0 Å². The van der Waals surface area contributed by atoms with E-state index in [9.17, 15) is 24.0 Å². The van der Waals surface area contributed by atoms with Gasteiger partial charge in [0.25, 0.3) is 17.7 Å². The summed E-state index contributed by atoms with van der Waals surface area (Å²) in [5.41, 5.74) is 0.452. The number of rotatable bonds is 6. The zero-order chi connectivity index (χ0) is 21.8. The van der Waals surface area contributed by atoms with Gasteiger partial charge in [0.2, 0.25) is 0 Å². The first kappa shape index (κ1) is 21.5. The van der Waals surface area contributed by atoms with Crippen molar-refractivity contribution in [1.82, 2.24) is 9.80 Å². The van der Waals surface area contributed by atoms with Crippen molar-refractivity contribution in [1.29, 1.82) is 0 Å². The molecule has 2 heterocycles. The van der Waals surface area contributed by atoms with Gasteiger partial charge in [-0.25, -0.2) is 9.59 Å². The van der Waals surface area contributed by atoms with Crippen molar-refractivity contribution in [3.8, 4) is 0 Å². The van der Waals surface area contributed by atoms with Gasteiger partial charge in [-0.3, -0.25) is 19.3 Å². The molecule has 0 aromatic heterocycles. The van der Waals surface area contributed by atoms with Crippen LogP contribution in [0.1, 0.15) is 53.8 Å². The van der Waals surface area contributed by atoms with Crippen LogP contribution in [0.25, 0.3) is 0 Å². The molecule has 2 atom stereocenters. The number of fused-ring (bicyclic) bond motifs is 1. The highest BCUT2D eigenvalue weighted by Gasteiger charge is 2.41. The first-order valence-electron chi connectivity index (χ1n) is 9.96. The van der Waals surface area contributed by atoms with Gasteiger partial charge < -0.3 is 14.4 Å². The molecule has 3 amide bonds. The molecule has 160 valence electrons. The van der Waals surface area contributed by atoms with Crippen molar-refractivity contribution in [3.05, 3.63) is 35.4 Å². The SMILES string of the molecule is CCOC(=O)[C@@H]1CCCCN1C(=O)COC(=O)[C@H](C)N1C(=O)c2ccccc2C1=O. The normalized spacial score (nSPS) is 19.3. The van der Waals surface area contributed by atoms with Crippen LogP contribution in [0.3, 0.4) is 0 Å². The molecule has 1 aromatic carbocycles. The largest absolute Gasteiger partial charge is 0.464 e. The van der Waals surface area contributed by atoms with Crippen LogP contribution < -0.4 is 0 Å². The number of benzene rings is 1. The van der Waals surface area contributed by atoms with Gasteiger partial charge in [0.05, 0.1) is 17.7 Å². The summed E-state index contributed by atoms with van der Waals surface area (Å²) in [5, 5.41) is 0. The zero-order valence-corrected chi connectivity index (χ0v) is 17.0. The van der Waals surface area contributed by atoms with E-state index in [1.807, 2.05) is 0 Å². The van der Waals surface area contributed by atoms with E-state index in [2.05, 4.69) is 0 Å².